The molecular weight excluding hydrogens is 362 g/mol. The van der Waals surface area contributed by atoms with Crippen molar-refractivity contribution in [1.82, 2.24) is 0 Å². The molecule has 0 unspecified atom stereocenters. The molecule has 0 fully saturated rings. The molecule has 0 bridgehead atoms. The van der Waals surface area contributed by atoms with Crippen LogP contribution in [-0.2, 0) is 19.7 Å². The van der Waals surface area contributed by atoms with E-state index in [0.717, 1.165) is 16.8 Å². The molecule has 1 amide bonds. The van der Waals surface area contributed by atoms with E-state index in [9.17, 15) is 9.59 Å². The molecule has 4 nitrogen and oxygen atoms in total. The average Bonchev–Trinajstić information content (AvgIpc) is 2.91. The number of hydrogen-bond donors (Lipinski definition) is 0. The summed E-state index contributed by atoms with van der Waals surface area (Å²) in [7, 11) is 1.33. The number of carbonyl (C=O) groups is 2. The Hall–Kier alpha value is -3.14. The molecule has 29 heavy (non-hydrogen) atoms. The van der Waals surface area contributed by atoms with Crippen LogP contribution in [0.25, 0.3) is 6.08 Å². The molecule has 1 aliphatic rings. The van der Waals surface area contributed by atoms with Crippen LogP contribution in [-0.4, -0.2) is 19.0 Å². The molecule has 0 spiro atoms. The van der Waals surface area contributed by atoms with Gasteiger partial charge in [-0.1, -0.05) is 57.2 Å². The van der Waals surface area contributed by atoms with Gasteiger partial charge in [-0.2, -0.15) is 0 Å². The molecule has 0 atom stereocenters. The van der Waals surface area contributed by atoms with Crippen molar-refractivity contribution in [2.45, 2.75) is 40.0 Å². The van der Waals surface area contributed by atoms with E-state index in [0.29, 0.717) is 16.8 Å². The number of nitrogens with zero attached hydrogens (tertiary/aromatic N) is 1. The predicted octanol–water partition coefficient (Wildman–Crippen LogP) is 5.17. The summed E-state index contributed by atoms with van der Waals surface area (Å²) >= 11 is 0. The van der Waals surface area contributed by atoms with Crippen molar-refractivity contribution in [2.75, 3.05) is 12.0 Å². The number of carbonyl (C=O) groups excluding carboxylic acids is 2. The largest absolute Gasteiger partial charge is 0.465 e. The summed E-state index contributed by atoms with van der Waals surface area (Å²) < 4.78 is 4.98. The lowest BCUT2D eigenvalue weighted by molar-refractivity contribution is -0.136. The molecule has 1 aliphatic heterocycles. The number of allylic oxidation sites excluding steroid dienone is 1. The van der Waals surface area contributed by atoms with Gasteiger partial charge in [-0.3, -0.25) is 9.69 Å². The lowest BCUT2D eigenvalue weighted by Gasteiger charge is -2.19. The van der Waals surface area contributed by atoms with Gasteiger partial charge in [-0.25, -0.2) is 4.79 Å². The number of amides is 1. The Morgan fingerprint density at radius 1 is 1.03 bits per heavy atom. The SMILES string of the molecule is COC(=O)C1=C(C)N(c2cccc(C)c2)C(=O)/C1=C\c1ccc(C(C)(C)C)cc1. The van der Waals surface area contributed by atoms with Crippen LogP contribution in [0.4, 0.5) is 5.69 Å². The number of methoxy groups -OCH3 is 1. The standard InChI is InChI=1S/C25H27NO3/c1-16-8-7-9-20(14-16)26-17(2)22(24(28)29-6)21(23(26)27)15-18-10-12-19(13-11-18)25(3,4)5/h7-15H,1-6H3/b21-15-. The van der Waals surface area contributed by atoms with Gasteiger partial charge >= 0.3 is 5.97 Å². The molecule has 0 saturated heterocycles. The third-order valence-corrected chi connectivity index (χ3v) is 5.14. The summed E-state index contributed by atoms with van der Waals surface area (Å²) in [6.45, 7) is 10.2. The van der Waals surface area contributed by atoms with Gasteiger partial charge < -0.3 is 4.74 Å². The third-order valence-electron chi connectivity index (χ3n) is 5.14. The molecule has 2 aromatic carbocycles. The first-order valence-electron chi connectivity index (χ1n) is 9.66. The van der Waals surface area contributed by atoms with Gasteiger partial charge in [0.15, 0.2) is 0 Å². The Bertz CT molecular complexity index is 1020. The van der Waals surface area contributed by atoms with Crippen LogP contribution in [0.2, 0.25) is 0 Å². The number of esters is 1. The van der Waals surface area contributed by atoms with Crippen LogP contribution in [0.15, 0.2) is 65.4 Å². The van der Waals surface area contributed by atoms with Gasteiger partial charge in [0, 0.05) is 11.4 Å². The number of ether oxygens (including phenoxy) is 1. The second-order valence-electron chi connectivity index (χ2n) is 8.36. The molecule has 2 aromatic rings. The fourth-order valence-corrected chi connectivity index (χ4v) is 3.50. The monoisotopic (exact) mass is 389 g/mol. The van der Waals surface area contributed by atoms with Crippen molar-refractivity contribution in [2.24, 2.45) is 0 Å². The normalized spacial score (nSPS) is 16.0. The zero-order valence-electron chi connectivity index (χ0n) is 17.9. The van der Waals surface area contributed by atoms with Crippen molar-refractivity contribution >= 4 is 23.6 Å². The van der Waals surface area contributed by atoms with Crippen LogP contribution in [0, 0.1) is 6.92 Å². The van der Waals surface area contributed by atoms with E-state index >= 15 is 0 Å². The maximum atomic E-state index is 13.3. The van der Waals surface area contributed by atoms with Crippen LogP contribution >= 0.6 is 0 Å². The molecule has 150 valence electrons. The van der Waals surface area contributed by atoms with E-state index in [2.05, 4.69) is 32.9 Å². The number of benzene rings is 2. The van der Waals surface area contributed by atoms with Gasteiger partial charge in [0.1, 0.15) is 0 Å². The van der Waals surface area contributed by atoms with Crippen molar-refractivity contribution in [3.05, 3.63) is 82.1 Å². The van der Waals surface area contributed by atoms with Gasteiger partial charge in [-0.05, 0) is 54.2 Å². The Morgan fingerprint density at radius 2 is 1.69 bits per heavy atom. The van der Waals surface area contributed by atoms with Crippen molar-refractivity contribution in [1.29, 1.82) is 0 Å². The molecule has 3 rings (SSSR count). The molecular formula is C25H27NO3. The van der Waals surface area contributed by atoms with Gasteiger partial charge in [0.2, 0.25) is 0 Å². The highest BCUT2D eigenvalue weighted by Crippen LogP contribution is 2.35. The summed E-state index contributed by atoms with van der Waals surface area (Å²) in [6.07, 6.45) is 1.76. The van der Waals surface area contributed by atoms with Crippen molar-refractivity contribution in [3.63, 3.8) is 0 Å². The lowest BCUT2D eigenvalue weighted by atomic mass is 9.86. The van der Waals surface area contributed by atoms with Gasteiger partial charge in [-0.15, -0.1) is 0 Å². The Morgan fingerprint density at radius 3 is 2.24 bits per heavy atom. The topological polar surface area (TPSA) is 46.6 Å². The number of aryl methyl sites for hydroxylation is 1. The van der Waals surface area contributed by atoms with Crippen LogP contribution in [0.1, 0.15) is 44.4 Å². The zero-order valence-corrected chi connectivity index (χ0v) is 17.9. The van der Waals surface area contributed by atoms with Crippen molar-refractivity contribution in [3.8, 4) is 0 Å². The molecule has 0 N–H and O–H groups in total. The lowest BCUT2D eigenvalue weighted by Crippen LogP contribution is -2.24. The Labute approximate surface area is 172 Å². The van der Waals surface area contributed by atoms with E-state index in [-0.39, 0.29) is 11.3 Å². The first-order valence-corrected chi connectivity index (χ1v) is 9.66. The fraction of sp³-hybridized carbons (Fsp3) is 0.280. The average molecular weight is 389 g/mol. The Kier molecular flexibility index (Phi) is 5.47. The summed E-state index contributed by atoms with van der Waals surface area (Å²) in [5.74, 6) is -0.739. The van der Waals surface area contributed by atoms with Crippen LogP contribution in [0.5, 0.6) is 0 Å². The highest BCUT2D eigenvalue weighted by atomic mass is 16.5. The predicted molar refractivity (Wildman–Crippen MR) is 117 cm³/mol. The first kappa shape index (κ1) is 20.6. The van der Waals surface area contributed by atoms with E-state index < -0.39 is 5.97 Å². The number of rotatable bonds is 3. The van der Waals surface area contributed by atoms with E-state index in [4.69, 9.17) is 4.74 Å². The van der Waals surface area contributed by atoms with Crippen molar-refractivity contribution < 1.29 is 14.3 Å². The summed E-state index contributed by atoms with van der Waals surface area (Å²) in [5.41, 5.74) is 5.12. The highest BCUT2D eigenvalue weighted by molar-refractivity contribution is 6.23. The van der Waals surface area contributed by atoms with Gasteiger partial charge in [0.05, 0.1) is 18.3 Å². The van der Waals surface area contributed by atoms with Gasteiger partial charge in [0.25, 0.3) is 5.91 Å². The number of anilines is 1. The van der Waals surface area contributed by atoms with E-state index in [1.165, 1.54) is 12.7 Å². The zero-order chi connectivity index (χ0) is 21.3. The van der Waals surface area contributed by atoms with Crippen LogP contribution < -0.4 is 4.90 Å². The quantitative estimate of drug-likeness (QED) is 0.537. The van der Waals surface area contributed by atoms with E-state index in [1.807, 2.05) is 43.3 Å². The molecule has 0 saturated carbocycles. The highest BCUT2D eigenvalue weighted by Gasteiger charge is 2.37. The third kappa shape index (κ3) is 4.02. The minimum atomic E-state index is -0.511. The van der Waals surface area contributed by atoms with E-state index in [1.54, 1.807) is 17.9 Å². The minimum absolute atomic E-state index is 0.0461. The first-order chi connectivity index (χ1) is 13.6. The molecule has 0 radical (unpaired) electrons. The second-order valence-corrected chi connectivity index (χ2v) is 8.36. The summed E-state index contributed by atoms with van der Waals surface area (Å²) in [5, 5.41) is 0. The second kappa shape index (κ2) is 7.70. The van der Waals surface area contributed by atoms with Crippen LogP contribution in [0.3, 0.4) is 0 Å². The fourth-order valence-electron chi connectivity index (χ4n) is 3.50. The maximum Gasteiger partial charge on any atom is 0.340 e. The summed E-state index contributed by atoms with van der Waals surface area (Å²) in [6, 6.07) is 15.7. The molecule has 0 aromatic heterocycles. The molecule has 4 heteroatoms. The minimum Gasteiger partial charge on any atom is -0.465 e. The maximum absolute atomic E-state index is 13.3. The molecule has 1 heterocycles. The smallest absolute Gasteiger partial charge is 0.340 e. The Balaban J connectivity index is 2.08. The number of hydrogen-bond acceptors (Lipinski definition) is 3. The summed E-state index contributed by atoms with van der Waals surface area (Å²) in [4.78, 5) is 27.4. The molecule has 0 aliphatic carbocycles.